The number of rotatable bonds is 6. The summed E-state index contributed by atoms with van der Waals surface area (Å²) in [5.41, 5.74) is 2.54. The molecular weight excluding hydrogens is 262 g/mol. The lowest BCUT2D eigenvalue weighted by atomic mass is 10.1. The van der Waals surface area contributed by atoms with Gasteiger partial charge >= 0.3 is 0 Å². The monoisotopic (exact) mass is 283 g/mol. The fourth-order valence-electron chi connectivity index (χ4n) is 2.66. The molecule has 1 aliphatic rings. The average Bonchev–Trinajstić information content (AvgIpc) is 2.91. The molecule has 21 heavy (non-hydrogen) atoms. The summed E-state index contributed by atoms with van der Waals surface area (Å²) in [5.74, 6) is 1.96. The molecule has 0 amide bonds. The summed E-state index contributed by atoms with van der Waals surface area (Å²) in [5, 5.41) is 3.47. The minimum atomic E-state index is 0.234. The number of hydrogen-bond donors (Lipinski definition) is 1. The third-order valence-electron chi connectivity index (χ3n) is 3.62. The predicted octanol–water partition coefficient (Wildman–Crippen LogP) is 3.18. The molecule has 2 aromatic rings. The van der Waals surface area contributed by atoms with E-state index in [0.717, 1.165) is 31.0 Å². The Balaban J connectivity index is 1.48. The molecule has 0 saturated carbocycles. The first-order chi connectivity index (χ1) is 10.3. The summed E-state index contributed by atoms with van der Waals surface area (Å²) in [6.45, 7) is 4.38. The fraction of sp³-hybridized carbons (Fsp3) is 0.333. The van der Waals surface area contributed by atoms with Crippen molar-refractivity contribution in [2.45, 2.75) is 26.0 Å². The van der Waals surface area contributed by atoms with E-state index in [1.807, 2.05) is 31.2 Å². The molecule has 1 heterocycles. The molecule has 1 unspecified atom stereocenters. The zero-order chi connectivity index (χ0) is 14.5. The van der Waals surface area contributed by atoms with Crippen LogP contribution in [0.25, 0.3) is 0 Å². The van der Waals surface area contributed by atoms with Crippen molar-refractivity contribution in [2.75, 3.05) is 13.2 Å². The Morgan fingerprint density at radius 2 is 2.10 bits per heavy atom. The van der Waals surface area contributed by atoms with Crippen molar-refractivity contribution in [2.24, 2.45) is 0 Å². The van der Waals surface area contributed by atoms with Crippen LogP contribution in [0.2, 0.25) is 0 Å². The Hall–Kier alpha value is -2.00. The minimum absolute atomic E-state index is 0.234. The molecule has 0 aliphatic carbocycles. The van der Waals surface area contributed by atoms with Crippen molar-refractivity contribution in [1.82, 2.24) is 5.32 Å². The molecular formula is C18H21NO2. The van der Waals surface area contributed by atoms with E-state index in [9.17, 15) is 0 Å². The van der Waals surface area contributed by atoms with Crippen LogP contribution in [0.4, 0.5) is 0 Å². The van der Waals surface area contributed by atoms with Crippen LogP contribution >= 0.6 is 0 Å². The number of benzene rings is 2. The van der Waals surface area contributed by atoms with E-state index in [2.05, 4.69) is 29.6 Å². The maximum absolute atomic E-state index is 5.92. The van der Waals surface area contributed by atoms with Crippen LogP contribution in [0.1, 0.15) is 18.1 Å². The Bertz CT molecular complexity index is 572. The molecule has 110 valence electrons. The van der Waals surface area contributed by atoms with Crippen molar-refractivity contribution in [1.29, 1.82) is 0 Å². The van der Waals surface area contributed by atoms with Gasteiger partial charge in [0.25, 0.3) is 0 Å². The molecule has 1 aliphatic heterocycles. The Morgan fingerprint density at radius 1 is 1.19 bits per heavy atom. The van der Waals surface area contributed by atoms with Gasteiger partial charge in [0.2, 0.25) is 0 Å². The van der Waals surface area contributed by atoms with Crippen LogP contribution in [0, 0.1) is 0 Å². The van der Waals surface area contributed by atoms with Crippen molar-refractivity contribution in [3.05, 3.63) is 59.7 Å². The Labute approximate surface area is 125 Å². The van der Waals surface area contributed by atoms with Crippen LogP contribution in [0.3, 0.4) is 0 Å². The Morgan fingerprint density at radius 3 is 2.95 bits per heavy atom. The highest BCUT2D eigenvalue weighted by molar-refractivity contribution is 5.37. The number of nitrogens with one attached hydrogen (secondary N) is 1. The first-order valence-electron chi connectivity index (χ1n) is 7.52. The van der Waals surface area contributed by atoms with Gasteiger partial charge in [-0.2, -0.15) is 0 Å². The highest BCUT2D eigenvalue weighted by atomic mass is 16.5. The molecule has 3 rings (SSSR count). The molecule has 0 saturated heterocycles. The van der Waals surface area contributed by atoms with E-state index >= 15 is 0 Å². The number of fused-ring (bicyclic) bond motifs is 1. The summed E-state index contributed by atoms with van der Waals surface area (Å²) in [4.78, 5) is 0. The number of para-hydroxylation sites is 1. The lowest BCUT2D eigenvalue weighted by Gasteiger charge is -2.12. The van der Waals surface area contributed by atoms with Gasteiger partial charge in [0.05, 0.1) is 6.61 Å². The smallest absolute Gasteiger partial charge is 0.123 e. The normalized spacial score (nSPS) is 16.3. The van der Waals surface area contributed by atoms with Gasteiger partial charge in [0.15, 0.2) is 0 Å². The molecule has 1 N–H and O–H groups in total. The molecule has 3 heteroatoms. The molecule has 0 aromatic heterocycles. The summed E-state index contributed by atoms with van der Waals surface area (Å²) in [7, 11) is 0. The van der Waals surface area contributed by atoms with Gasteiger partial charge < -0.3 is 14.8 Å². The van der Waals surface area contributed by atoms with E-state index < -0.39 is 0 Å². The largest absolute Gasteiger partial charge is 0.494 e. The molecule has 1 atom stereocenters. The van der Waals surface area contributed by atoms with Crippen molar-refractivity contribution < 1.29 is 9.47 Å². The van der Waals surface area contributed by atoms with Gasteiger partial charge in [-0.3, -0.25) is 0 Å². The van der Waals surface area contributed by atoms with Crippen LogP contribution in [-0.2, 0) is 13.0 Å². The molecule has 0 fully saturated rings. The minimum Gasteiger partial charge on any atom is -0.494 e. The van der Waals surface area contributed by atoms with Gasteiger partial charge in [-0.15, -0.1) is 0 Å². The van der Waals surface area contributed by atoms with Gasteiger partial charge in [0, 0.05) is 19.5 Å². The van der Waals surface area contributed by atoms with E-state index in [-0.39, 0.29) is 6.10 Å². The topological polar surface area (TPSA) is 30.5 Å². The summed E-state index contributed by atoms with van der Waals surface area (Å²) in [6, 6.07) is 16.5. The summed E-state index contributed by atoms with van der Waals surface area (Å²) >= 11 is 0. The highest BCUT2D eigenvalue weighted by Gasteiger charge is 2.21. The summed E-state index contributed by atoms with van der Waals surface area (Å²) in [6.07, 6.45) is 1.22. The van der Waals surface area contributed by atoms with Gasteiger partial charge in [0.1, 0.15) is 17.6 Å². The lowest BCUT2D eigenvalue weighted by molar-refractivity contribution is 0.227. The van der Waals surface area contributed by atoms with Crippen LogP contribution < -0.4 is 14.8 Å². The van der Waals surface area contributed by atoms with Gasteiger partial charge in [-0.05, 0) is 36.2 Å². The fourth-order valence-corrected chi connectivity index (χ4v) is 2.66. The lowest BCUT2D eigenvalue weighted by Crippen LogP contribution is -2.29. The Kier molecular flexibility index (Phi) is 4.41. The average molecular weight is 283 g/mol. The predicted molar refractivity (Wildman–Crippen MR) is 83.9 cm³/mol. The van der Waals surface area contributed by atoms with Crippen LogP contribution in [0.15, 0.2) is 48.5 Å². The molecule has 0 spiro atoms. The first-order valence-corrected chi connectivity index (χ1v) is 7.52. The van der Waals surface area contributed by atoms with E-state index in [4.69, 9.17) is 9.47 Å². The van der Waals surface area contributed by atoms with Crippen LogP contribution in [-0.4, -0.2) is 19.3 Å². The first kappa shape index (κ1) is 14.0. The molecule has 0 bridgehead atoms. The van der Waals surface area contributed by atoms with E-state index in [1.54, 1.807) is 0 Å². The summed E-state index contributed by atoms with van der Waals surface area (Å²) < 4.78 is 11.4. The third-order valence-corrected chi connectivity index (χ3v) is 3.62. The number of ether oxygens (including phenoxy) is 2. The second-order valence-electron chi connectivity index (χ2n) is 5.26. The quantitative estimate of drug-likeness (QED) is 0.883. The second kappa shape index (κ2) is 6.64. The van der Waals surface area contributed by atoms with E-state index in [1.165, 1.54) is 11.1 Å². The molecule has 0 radical (unpaired) electrons. The van der Waals surface area contributed by atoms with Crippen molar-refractivity contribution in [3.63, 3.8) is 0 Å². The van der Waals surface area contributed by atoms with E-state index in [0.29, 0.717) is 6.61 Å². The van der Waals surface area contributed by atoms with Gasteiger partial charge in [-0.25, -0.2) is 0 Å². The molecule has 2 aromatic carbocycles. The maximum Gasteiger partial charge on any atom is 0.123 e. The van der Waals surface area contributed by atoms with Gasteiger partial charge in [-0.1, -0.05) is 30.3 Å². The number of hydrogen-bond acceptors (Lipinski definition) is 3. The van der Waals surface area contributed by atoms with Crippen molar-refractivity contribution in [3.8, 4) is 11.5 Å². The zero-order valence-electron chi connectivity index (χ0n) is 12.3. The van der Waals surface area contributed by atoms with Crippen LogP contribution in [0.5, 0.6) is 11.5 Å². The standard InChI is InChI=1S/C18H21NO2/c1-2-20-16-8-5-6-14(10-16)12-19-13-17-11-15-7-3-4-9-18(15)21-17/h3-10,17,19H,2,11-13H2,1H3. The SMILES string of the molecule is CCOc1cccc(CNCC2Cc3ccccc3O2)c1. The second-order valence-corrected chi connectivity index (χ2v) is 5.26. The third kappa shape index (κ3) is 3.56. The maximum atomic E-state index is 5.92. The highest BCUT2D eigenvalue weighted by Crippen LogP contribution is 2.27. The van der Waals surface area contributed by atoms with Crippen molar-refractivity contribution >= 4 is 0 Å². The zero-order valence-corrected chi connectivity index (χ0v) is 12.3. The molecule has 3 nitrogen and oxygen atoms in total.